The molecule has 13 heavy (non-hydrogen) atoms. The lowest BCUT2D eigenvalue weighted by atomic mass is 10.4. The summed E-state index contributed by atoms with van der Waals surface area (Å²) in [6, 6.07) is 0. The predicted octanol–water partition coefficient (Wildman–Crippen LogP) is 1.38. The topological polar surface area (TPSA) is 51.8 Å². The molecule has 1 aromatic rings. The van der Waals surface area contributed by atoms with Gasteiger partial charge in [0.1, 0.15) is 5.15 Å². The molecule has 0 unspecified atom stereocenters. The third kappa shape index (κ3) is 3.13. The van der Waals surface area contributed by atoms with Crippen molar-refractivity contribution in [1.82, 2.24) is 9.97 Å². The summed E-state index contributed by atoms with van der Waals surface area (Å²) >= 11 is 9.63. The first-order chi connectivity index (χ1) is 6.24. The molecule has 0 radical (unpaired) electrons. The largest absolute Gasteiger partial charge is 0.381 e. The van der Waals surface area contributed by atoms with E-state index in [4.69, 9.17) is 17.3 Å². The van der Waals surface area contributed by atoms with Gasteiger partial charge in [0.2, 0.25) is 0 Å². The smallest absolute Gasteiger partial charge is 0.158 e. The van der Waals surface area contributed by atoms with Crippen LogP contribution in [0.3, 0.4) is 0 Å². The van der Waals surface area contributed by atoms with Crippen LogP contribution >= 0.6 is 24.2 Å². The van der Waals surface area contributed by atoms with E-state index in [0.29, 0.717) is 28.8 Å². The Hall–Kier alpha value is -0.920. The van der Waals surface area contributed by atoms with E-state index in [9.17, 15) is 0 Å². The molecule has 0 fully saturated rings. The summed E-state index contributed by atoms with van der Waals surface area (Å²) < 4.78 is 0. The Morgan fingerprint density at radius 2 is 2.38 bits per heavy atom. The van der Waals surface area contributed by atoms with Crippen molar-refractivity contribution in [3.63, 3.8) is 0 Å². The van der Waals surface area contributed by atoms with Crippen LogP contribution in [0.2, 0.25) is 5.15 Å². The average molecular weight is 214 g/mol. The average Bonchev–Trinajstić information content (AvgIpc) is 2.11. The van der Waals surface area contributed by atoms with Gasteiger partial charge in [-0.2, -0.15) is 12.6 Å². The summed E-state index contributed by atoms with van der Waals surface area (Å²) in [6.07, 6.45) is 2.08. The standard InChI is InChI=1S/C8H8ClN3S/c9-7-5-11-8(10)6(12-7)3-1-2-4-13/h5,13H,2,4H2,(H2,10,11). The Labute approximate surface area is 87.1 Å². The highest BCUT2D eigenvalue weighted by atomic mass is 35.5. The summed E-state index contributed by atoms with van der Waals surface area (Å²) in [5, 5.41) is 0.296. The molecule has 3 nitrogen and oxygen atoms in total. The Balaban J connectivity index is 2.89. The highest BCUT2D eigenvalue weighted by Gasteiger charge is 1.98. The number of anilines is 1. The fraction of sp³-hybridized carbons (Fsp3) is 0.250. The minimum atomic E-state index is 0.296. The van der Waals surface area contributed by atoms with Crippen LogP contribution in [-0.2, 0) is 0 Å². The second-order valence-corrected chi connectivity index (χ2v) is 3.04. The molecule has 1 rings (SSSR count). The van der Waals surface area contributed by atoms with E-state index < -0.39 is 0 Å². The maximum absolute atomic E-state index is 5.62. The van der Waals surface area contributed by atoms with Crippen molar-refractivity contribution in [2.75, 3.05) is 11.5 Å². The van der Waals surface area contributed by atoms with Gasteiger partial charge in [0.25, 0.3) is 0 Å². The maximum Gasteiger partial charge on any atom is 0.158 e. The molecule has 0 aliphatic carbocycles. The summed E-state index contributed by atoms with van der Waals surface area (Å²) in [7, 11) is 0. The predicted molar refractivity (Wildman–Crippen MR) is 56.8 cm³/mol. The van der Waals surface area contributed by atoms with Crippen molar-refractivity contribution < 1.29 is 0 Å². The lowest BCUT2D eigenvalue weighted by Crippen LogP contribution is -1.97. The van der Waals surface area contributed by atoms with Crippen molar-refractivity contribution in [3.8, 4) is 11.8 Å². The van der Waals surface area contributed by atoms with Gasteiger partial charge in [0.05, 0.1) is 6.20 Å². The molecule has 0 aliphatic rings. The summed E-state index contributed by atoms with van der Waals surface area (Å²) in [5.41, 5.74) is 5.94. The van der Waals surface area contributed by atoms with Crippen LogP contribution in [-0.4, -0.2) is 15.7 Å². The number of hydrogen-bond acceptors (Lipinski definition) is 4. The number of nitrogens with zero attached hydrogens (tertiary/aromatic N) is 2. The molecule has 68 valence electrons. The van der Waals surface area contributed by atoms with Crippen molar-refractivity contribution in [2.45, 2.75) is 6.42 Å². The molecule has 0 aliphatic heterocycles. The quantitative estimate of drug-likeness (QED) is 0.548. The van der Waals surface area contributed by atoms with Crippen LogP contribution in [0.25, 0.3) is 0 Å². The number of halogens is 1. The van der Waals surface area contributed by atoms with Crippen LogP contribution in [0.5, 0.6) is 0 Å². The molecule has 1 aromatic heterocycles. The van der Waals surface area contributed by atoms with Crippen LogP contribution in [0.15, 0.2) is 6.20 Å². The first kappa shape index (κ1) is 10.2. The first-order valence-electron chi connectivity index (χ1n) is 3.62. The number of nitrogen functional groups attached to an aromatic ring is 1. The monoisotopic (exact) mass is 213 g/mol. The van der Waals surface area contributed by atoms with Crippen molar-refractivity contribution in [3.05, 3.63) is 17.0 Å². The number of nitrogens with two attached hydrogens (primary N) is 1. The molecule has 2 N–H and O–H groups in total. The van der Waals surface area contributed by atoms with E-state index in [2.05, 4.69) is 34.4 Å². The second kappa shape index (κ2) is 4.95. The second-order valence-electron chi connectivity index (χ2n) is 2.20. The van der Waals surface area contributed by atoms with Crippen molar-refractivity contribution in [1.29, 1.82) is 0 Å². The highest BCUT2D eigenvalue weighted by Crippen LogP contribution is 2.08. The number of aromatic nitrogens is 2. The van der Waals surface area contributed by atoms with Crippen LogP contribution in [0.1, 0.15) is 12.1 Å². The molecular formula is C8H8ClN3S. The van der Waals surface area contributed by atoms with Crippen molar-refractivity contribution >= 4 is 30.0 Å². The molecular weight excluding hydrogens is 206 g/mol. The van der Waals surface area contributed by atoms with E-state index in [1.165, 1.54) is 6.20 Å². The first-order valence-corrected chi connectivity index (χ1v) is 4.63. The zero-order valence-corrected chi connectivity index (χ0v) is 8.44. The summed E-state index contributed by atoms with van der Waals surface area (Å²) in [4.78, 5) is 7.74. The molecule has 0 saturated carbocycles. The van der Waals surface area contributed by atoms with Crippen LogP contribution < -0.4 is 5.73 Å². The minimum Gasteiger partial charge on any atom is -0.381 e. The third-order valence-electron chi connectivity index (χ3n) is 1.21. The molecule has 0 amide bonds. The lowest BCUT2D eigenvalue weighted by molar-refractivity contribution is 1.18. The van der Waals surface area contributed by atoms with Gasteiger partial charge >= 0.3 is 0 Å². The van der Waals surface area contributed by atoms with Gasteiger partial charge in [0.15, 0.2) is 11.5 Å². The van der Waals surface area contributed by atoms with Gasteiger partial charge in [-0.25, -0.2) is 9.97 Å². The zero-order valence-electron chi connectivity index (χ0n) is 6.79. The molecule has 5 heteroatoms. The minimum absolute atomic E-state index is 0.296. The number of thiol groups is 1. The zero-order chi connectivity index (χ0) is 9.68. The molecule has 0 atom stereocenters. The van der Waals surface area contributed by atoms with Gasteiger partial charge in [-0.1, -0.05) is 17.5 Å². The molecule has 0 spiro atoms. The van der Waals surface area contributed by atoms with E-state index in [1.807, 2.05) is 0 Å². The molecule has 0 saturated heterocycles. The Bertz CT molecular complexity index is 356. The van der Waals surface area contributed by atoms with E-state index in [1.54, 1.807) is 0 Å². The fourth-order valence-corrected chi connectivity index (χ4v) is 0.916. The SMILES string of the molecule is Nc1ncc(Cl)nc1C#CCCS. The Morgan fingerprint density at radius 3 is 3.08 bits per heavy atom. The number of hydrogen-bond donors (Lipinski definition) is 2. The normalized spacial score (nSPS) is 9.08. The third-order valence-corrected chi connectivity index (χ3v) is 1.62. The van der Waals surface area contributed by atoms with Crippen LogP contribution in [0.4, 0.5) is 5.82 Å². The molecule has 1 heterocycles. The Morgan fingerprint density at radius 1 is 1.62 bits per heavy atom. The summed E-state index contributed by atoms with van der Waals surface area (Å²) in [6.45, 7) is 0. The highest BCUT2D eigenvalue weighted by molar-refractivity contribution is 7.80. The van der Waals surface area contributed by atoms with E-state index >= 15 is 0 Å². The lowest BCUT2D eigenvalue weighted by Gasteiger charge is -1.95. The maximum atomic E-state index is 5.62. The van der Waals surface area contributed by atoms with Crippen molar-refractivity contribution in [2.24, 2.45) is 0 Å². The van der Waals surface area contributed by atoms with Gasteiger partial charge in [-0.3, -0.25) is 0 Å². The molecule has 0 bridgehead atoms. The van der Waals surface area contributed by atoms with Gasteiger partial charge in [-0.05, 0) is 5.92 Å². The van der Waals surface area contributed by atoms with Gasteiger partial charge in [0, 0.05) is 12.2 Å². The fourth-order valence-electron chi connectivity index (χ4n) is 0.671. The van der Waals surface area contributed by atoms with Gasteiger partial charge in [-0.15, -0.1) is 0 Å². The molecule has 0 aromatic carbocycles. The van der Waals surface area contributed by atoms with Gasteiger partial charge < -0.3 is 5.73 Å². The summed E-state index contributed by atoms with van der Waals surface area (Å²) in [5.74, 6) is 6.64. The van der Waals surface area contributed by atoms with Crippen LogP contribution in [0, 0.1) is 11.8 Å². The Kier molecular flexibility index (Phi) is 3.87. The van der Waals surface area contributed by atoms with E-state index in [0.717, 1.165) is 0 Å². The number of rotatable bonds is 1. The van der Waals surface area contributed by atoms with E-state index in [-0.39, 0.29) is 0 Å².